The molecule has 0 fully saturated rings. The van der Waals surface area contributed by atoms with Crippen molar-refractivity contribution in [3.63, 3.8) is 0 Å². The number of ether oxygens (including phenoxy) is 1. The van der Waals surface area contributed by atoms with E-state index in [-0.39, 0.29) is 24.6 Å². The van der Waals surface area contributed by atoms with Crippen molar-refractivity contribution in [1.29, 1.82) is 0 Å². The van der Waals surface area contributed by atoms with Gasteiger partial charge in [-0.1, -0.05) is 0 Å². The molecule has 2 rings (SSSR count). The molecule has 0 aliphatic carbocycles. The molecule has 0 aliphatic heterocycles. The number of hydrogen-bond donors (Lipinski definition) is 0. The molecule has 1 aromatic heterocycles. The predicted molar refractivity (Wildman–Crippen MR) is 89.8 cm³/mol. The van der Waals surface area contributed by atoms with Crippen molar-refractivity contribution in [2.45, 2.75) is 46.7 Å². The number of nitrogens with zero attached hydrogens (tertiary/aromatic N) is 1. The molecule has 0 unspecified atom stereocenters. The highest BCUT2D eigenvalue weighted by molar-refractivity contribution is 5.82. The number of benzene rings is 1. The first-order valence-corrected chi connectivity index (χ1v) is 7.78. The van der Waals surface area contributed by atoms with Crippen LogP contribution in [0.5, 0.6) is 5.75 Å². The van der Waals surface area contributed by atoms with Crippen molar-refractivity contribution in [1.82, 2.24) is 4.90 Å². The van der Waals surface area contributed by atoms with E-state index in [0.717, 1.165) is 10.9 Å². The largest absolute Gasteiger partial charge is 0.484 e. The van der Waals surface area contributed by atoms with Crippen molar-refractivity contribution in [2.75, 3.05) is 6.61 Å². The lowest BCUT2D eigenvalue weighted by Crippen LogP contribution is -2.44. The Labute approximate surface area is 135 Å². The third-order valence-corrected chi connectivity index (χ3v) is 3.69. The molecule has 0 aliphatic rings. The van der Waals surface area contributed by atoms with E-state index in [1.807, 2.05) is 40.7 Å². The van der Waals surface area contributed by atoms with Crippen LogP contribution < -0.4 is 10.4 Å². The van der Waals surface area contributed by atoms with E-state index >= 15 is 0 Å². The zero-order chi connectivity index (χ0) is 17.1. The molecule has 5 nitrogen and oxygen atoms in total. The predicted octanol–water partition coefficient (Wildman–Crippen LogP) is 3.13. The second kappa shape index (κ2) is 6.86. The fourth-order valence-corrected chi connectivity index (χ4v) is 2.79. The molecule has 2 aromatic rings. The van der Waals surface area contributed by atoms with Gasteiger partial charge in [0.2, 0.25) is 0 Å². The Kier molecular flexibility index (Phi) is 5.08. The maximum atomic E-state index is 12.3. The number of carbonyl (C=O) groups is 1. The Morgan fingerprint density at radius 2 is 1.83 bits per heavy atom. The summed E-state index contributed by atoms with van der Waals surface area (Å²) in [6.07, 6.45) is 0. The van der Waals surface area contributed by atoms with Gasteiger partial charge in [-0.2, -0.15) is 0 Å². The van der Waals surface area contributed by atoms with Crippen LogP contribution in [0.15, 0.2) is 33.5 Å². The molecule has 0 bridgehead atoms. The van der Waals surface area contributed by atoms with Gasteiger partial charge in [0.1, 0.15) is 11.3 Å². The number of amides is 1. The maximum Gasteiger partial charge on any atom is 0.336 e. The van der Waals surface area contributed by atoms with Gasteiger partial charge >= 0.3 is 5.63 Å². The Morgan fingerprint density at radius 3 is 2.43 bits per heavy atom. The third-order valence-electron chi connectivity index (χ3n) is 3.69. The molecular weight excluding hydrogens is 294 g/mol. The van der Waals surface area contributed by atoms with Gasteiger partial charge in [0.05, 0.1) is 0 Å². The minimum absolute atomic E-state index is 0.0437. The van der Waals surface area contributed by atoms with E-state index in [0.29, 0.717) is 11.3 Å². The van der Waals surface area contributed by atoms with Gasteiger partial charge in [-0.05, 0) is 52.3 Å². The van der Waals surface area contributed by atoms with Gasteiger partial charge in [-0.15, -0.1) is 0 Å². The van der Waals surface area contributed by atoms with E-state index < -0.39 is 5.63 Å². The fraction of sp³-hybridized carbons (Fsp3) is 0.444. The topological polar surface area (TPSA) is 59.8 Å². The number of hydrogen-bond acceptors (Lipinski definition) is 4. The van der Waals surface area contributed by atoms with Gasteiger partial charge in [0.25, 0.3) is 5.91 Å². The summed E-state index contributed by atoms with van der Waals surface area (Å²) < 4.78 is 10.8. The normalized spacial score (nSPS) is 11.3. The minimum Gasteiger partial charge on any atom is -0.484 e. The van der Waals surface area contributed by atoms with Crippen LogP contribution in [0.1, 0.15) is 33.3 Å². The van der Waals surface area contributed by atoms with Gasteiger partial charge < -0.3 is 14.1 Å². The average Bonchev–Trinajstić information content (AvgIpc) is 2.43. The standard InChI is InChI=1S/C18H23NO4/c1-11(2)19(12(3)4)17(20)10-22-14-6-7-15-13(5)8-18(21)23-16(15)9-14/h6-9,11-12H,10H2,1-5H3. The first kappa shape index (κ1) is 17.1. The number of carbonyl (C=O) groups excluding carboxylic acids is 1. The van der Waals surface area contributed by atoms with E-state index in [1.54, 1.807) is 17.0 Å². The molecule has 23 heavy (non-hydrogen) atoms. The molecule has 0 saturated heterocycles. The second-order valence-electron chi connectivity index (χ2n) is 6.18. The molecule has 1 heterocycles. The Bertz CT molecular complexity index is 753. The summed E-state index contributed by atoms with van der Waals surface area (Å²) >= 11 is 0. The molecular formula is C18H23NO4. The molecule has 5 heteroatoms. The third kappa shape index (κ3) is 3.92. The van der Waals surface area contributed by atoms with Crippen LogP contribution in [0.4, 0.5) is 0 Å². The molecule has 0 N–H and O–H groups in total. The van der Waals surface area contributed by atoms with Crippen LogP contribution in [0.3, 0.4) is 0 Å². The smallest absolute Gasteiger partial charge is 0.336 e. The molecule has 0 radical (unpaired) electrons. The molecule has 1 amide bonds. The van der Waals surface area contributed by atoms with Crippen LogP contribution in [-0.4, -0.2) is 29.5 Å². The van der Waals surface area contributed by atoms with Crippen molar-refractivity contribution in [3.05, 3.63) is 40.2 Å². The summed E-state index contributed by atoms with van der Waals surface area (Å²) in [4.78, 5) is 25.5. The first-order valence-electron chi connectivity index (χ1n) is 7.78. The van der Waals surface area contributed by atoms with Crippen LogP contribution in [-0.2, 0) is 4.79 Å². The van der Waals surface area contributed by atoms with Crippen LogP contribution in [0.2, 0.25) is 0 Å². The van der Waals surface area contributed by atoms with E-state index in [9.17, 15) is 9.59 Å². The summed E-state index contributed by atoms with van der Waals surface area (Å²) in [5.41, 5.74) is 0.920. The molecule has 0 spiro atoms. The lowest BCUT2D eigenvalue weighted by Gasteiger charge is -2.30. The Hall–Kier alpha value is -2.30. The highest BCUT2D eigenvalue weighted by Gasteiger charge is 2.20. The number of rotatable bonds is 5. The monoisotopic (exact) mass is 317 g/mol. The zero-order valence-corrected chi connectivity index (χ0v) is 14.3. The van der Waals surface area contributed by atoms with Crippen molar-refractivity contribution in [3.8, 4) is 5.75 Å². The first-order chi connectivity index (χ1) is 10.8. The van der Waals surface area contributed by atoms with E-state index in [2.05, 4.69) is 0 Å². The minimum atomic E-state index is -0.394. The highest BCUT2D eigenvalue weighted by Crippen LogP contribution is 2.22. The van der Waals surface area contributed by atoms with Gasteiger partial charge in [-0.25, -0.2) is 4.79 Å². The average molecular weight is 317 g/mol. The van der Waals surface area contributed by atoms with Crippen molar-refractivity contribution in [2.24, 2.45) is 0 Å². The SMILES string of the molecule is Cc1cc(=O)oc2cc(OCC(=O)N(C(C)C)C(C)C)ccc12. The summed E-state index contributed by atoms with van der Waals surface area (Å²) in [6.45, 7) is 9.72. The molecule has 0 saturated carbocycles. The fourth-order valence-electron chi connectivity index (χ4n) is 2.79. The van der Waals surface area contributed by atoms with Crippen LogP contribution in [0, 0.1) is 6.92 Å². The quantitative estimate of drug-likeness (QED) is 0.795. The maximum absolute atomic E-state index is 12.3. The van der Waals surface area contributed by atoms with Gasteiger partial charge in [0.15, 0.2) is 6.61 Å². The summed E-state index contributed by atoms with van der Waals surface area (Å²) in [5, 5.41) is 0.856. The van der Waals surface area contributed by atoms with Crippen LogP contribution >= 0.6 is 0 Å². The van der Waals surface area contributed by atoms with Gasteiger partial charge in [-0.3, -0.25) is 4.79 Å². The highest BCUT2D eigenvalue weighted by atomic mass is 16.5. The van der Waals surface area contributed by atoms with Crippen molar-refractivity contribution < 1.29 is 13.9 Å². The summed E-state index contributed by atoms with van der Waals surface area (Å²) in [7, 11) is 0. The second-order valence-corrected chi connectivity index (χ2v) is 6.18. The number of aryl methyl sites for hydroxylation is 1. The van der Waals surface area contributed by atoms with Crippen LogP contribution in [0.25, 0.3) is 11.0 Å². The molecule has 0 atom stereocenters. The Morgan fingerprint density at radius 1 is 1.17 bits per heavy atom. The van der Waals surface area contributed by atoms with E-state index in [4.69, 9.17) is 9.15 Å². The van der Waals surface area contributed by atoms with Gasteiger partial charge in [0, 0.05) is 29.6 Å². The lowest BCUT2D eigenvalue weighted by atomic mass is 10.1. The summed E-state index contributed by atoms with van der Waals surface area (Å²) in [6, 6.07) is 6.93. The molecule has 1 aromatic carbocycles. The van der Waals surface area contributed by atoms with E-state index in [1.165, 1.54) is 6.07 Å². The lowest BCUT2D eigenvalue weighted by molar-refractivity contribution is -0.136. The zero-order valence-electron chi connectivity index (χ0n) is 14.3. The van der Waals surface area contributed by atoms with Crippen molar-refractivity contribution >= 4 is 16.9 Å². The summed E-state index contributed by atoms with van der Waals surface area (Å²) in [5.74, 6) is 0.438. The Balaban J connectivity index is 2.16. The number of fused-ring (bicyclic) bond motifs is 1. The molecule has 124 valence electrons.